The number of rotatable bonds is 7. The average Bonchev–Trinajstić information content (AvgIpc) is 2.52. The second kappa shape index (κ2) is 7.57. The molecule has 0 unspecified atom stereocenters. The SMILES string of the molecule is COC(=O)CCCCCNc1nnc(C)c2ccccc12. The third-order valence-corrected chi connectivity index (χ3v) is 3.45. The molecule has 0 saturated carbocycles. The lowest BCUT2D eigenvalue weighted by molar-refractivity contribution is -0.140. The molecule has 21 heavy (non-hydrogen) atoms. The third kappa shape index (κ3) is 4.15. The zero-order valence-electron chi connectivity index (χ0n) is 12.6. The van der Waals surface area contributed by atoms with Gasteiger partial charge in [0.15, 0.2) is 5.82 Å². The predicted molar refractivity (Wildman–Crippen MR) is 83.2 cm³/mol. The summed E-state index contributed by atoms with van der Waals surface area (Å²) < 4.78 is 4.61. The zero-order valence-corrected chi connectivity index (χ0v) is 12.6. The number of hydrogen-bond acceptors (Lipinski definition) is 5. The molecule has 0 aliphatic carbocycles. The van der Waals surface area contributed by atoms with Crippen LogP contribution in [0.2, 0.25) is 0 Å². The molecule has 2 aromatic rings. The first-order chi connectivity index (χ1) is 10.2. The molecule has 0 spiro atoms. The van der Waals surface area contributed by atoms with Gasteiger partial charge in [-0.2, -0.15) is 5.10 Å². The van der Waals surface area contributed by atoms with Gasteiger partial charge in [0.1, 0.15) is 0 Å². The molecule has 5 heteroatoms. The minimum atomic E-state index is -0.140. The van der Waals surface area contributed by atoms with Gasteiger partial charge in [0, 0.05) is 23.7 Å². The highest BCUT2D eigenvalue weighted by Gasteiger charge is 2.05. The van der Waals surface area contributed by atoms with Crippen molar-refractivity contribution in [2.75, 3.05) is 19.0 Å². The van der Waals surface area contributed by atoms with Crippen LogP contribution in [0.15, 0.2) is 24.3 Å². The minimum absolute atomic E-state index is 0.140. The van der Waals surface area contributed by atoms with Gasteiger partial charge < -0.3 is 10.1 Å². The summed E-state index contributed by atoms with van der Waals surface area (Å²) >= 11 is 0. The number of ether oxygens (including phenoxy) is 1. The molecule has 0 saturated heterocycles. The van der Waals surface area contributed by atoms with Crippen molar-refractivity contribution in [1.82, 2.24) is 10.2 Å². The number of aryl methyl sites for hydroxylation is 1. The lowest BCUT2D eigenvalue weighted by Crippen LogP contribution is -2.06. The van der Waals surface area contributed by atoms with Crippen LogP contribution in [-0.4, -0.2) is 29.8 Å². The van der Waals surface area contributed by atoms with Crippen molar-refractivity contribution in [1.29, 1.82) is 0 Å². The Labute approximate surface area is 124 Å². The number of aromatic nitrogens is 2. The van der Waals surface area contributed by atoms with Gasteiger partial charge in [-0.3, -0.25) is 4.79 Å². The lowest BCUT2D eigenvalue weighted by Gasteiger charge is -2.09. The molecule has 0 atom stereocenters. The number of unbranched alkanes of at least 4 members (excludes halogenated alkanes) is 2. The Morgan fingerprint density at radius 2 is 1.90 bits per heavy atom. The van der Waals surface area contributed by atoms with E-state index in [1.807, 2.05) is 19.1 Å². The van der Waals surface area contributed by atoms with Gasteiger partial charge in [0.05, 0.1) is 12.8 Å². The van der Waals surface area contributed by atoms with E-state index in [2.05, 4.69) is 32.4 Å². The van der Waals surface area contributed by atoms with E-state index in [0.717, 1.165) is 48.1 Å². The molecule has 5 nitrogen and oxygen atoms in total. The molecule has 2 rings (SSSR count). The summed E-state index contributed by atoms with van der Waals surface area (Å²) in [5.74, 6) is 0.683. The van der Waals surface area contributed by atoms with Crippen LogP contribution >= 0.6 is 0 Å². The van der Waals surface area contributed by atoms with E-state index >= 15 is 0 Å². The number of nitrogens with one attached hydrogen (secondary N) is 1. The number of carbonyl (C=O) groups excluding carboxylic acids is 1. The molecular formula is C16H21N3O2. The van der Waals surface area contributed by atoms with Crippen molar-refractivity contribution >= 4 is 22.6 Å². The molecule has 0 aliphatic rings. The van der Waals surface area contributed by atoms with Gasteiger partial charge in [-0.25, -0.2) is 0 Å². The van der Waals surface area contributed by atoms with Crippen LogP contribution in [-0.2, 0) is 9.53 Å². The van der Waals surface area contributed by atoms with E-state index in [9.17, 15) is 4.79 Å². The topological polar surface area (TPSA) is 64.1 Å². The molecule has 1 aromatic heterocycles. The summed E-state index contributed by atoms with van der Waals surface area (Å²) in [6, 6.07) is 8.12. The van der Waals surface area contributed by atoms with Crippen LogP contribution in [0.3, 0.4) is 0 Å². The Balaban J connectivity index is 1.84. The zero-order chi connectivity index (χ0) is 15.1. The number of hydrogen-bond donors (Lipinski definition) is 1. The maximum atomic E-state index is 11.0. The summed E-state index contributed by atoms with van der Waals surface area (Å²) in [4.78, 5) is 11.0. The molecular weight excluding hydrogens is 266 g/mol. The summed E-state index contributed by atoms with van der Waals surface area (Å²) in [6.45, 7) is 2.79. The van der Waals surface area contributed by atoms with Crippen LogP contribution < -0.4 is 5.32 Å². The number of carbonyl (C=O) groups is 1. The van der Waals surface area contributed by atoms with Gasteiger partial charge in [-0.05, 0) is 19.8 Å². The van der Waals surface area contributed by atoms with Crippen molar-refractivity contribution in [2.45, 2.75) is 32.6 Å². The maximum Gasteiger partial charge on any atom is 0.305 e. The van der Waals surface area contributed by atoms with Crippen molar-refractivity contribution in [3.63, 3.8) is 0 Å². The fourth-order valence-corrected chi connectivity index (χ4v) is 2.25. The molecule has 0 radical (unpaired) electrons. The summed E-state index contributed by atoms with van der Waals surface area (Å²) in [6.07, 6.45) is 3.32. The third-order valence-electron chi connectivity index (χ3n) is 3.45. The summed E-state index contributed by atoms with van der Waals surface area (Å²) in [7, 11) is 1.42. The quantitative estimate of drug-likeness (QED) is 0.626. The first-order valence-electron chi connectivity index (χ1n) is 7.25. The standard InChI is InChI=1S/C16H21N3O2/c1-12-13-8-5-6-9-14(13)16(19-18-12)17-11-7-3-4-10-15(20)21-2/h5-6,8-9H,3-4,7,10-11H2,1-2H3,(H,17,19). The highest BCUT2D eigenvalue weighted by molar-refractivity contribution is 5.92. The van der Waals surface area contributed by atoms with Crippen molar-refractivity contribution in [2.24, 2.45) is 0 Å². The Bertz CT molecular complexity index is 613. The van der Waals surface area contributed by atoms with Crippen molar-refractivity contribution in [3.05, 3.63) is 30.0 Å². The van der Waals surface area contributed by atoms with Crippen LogP contribution in [0.25, 0.3) is 10.8 Å². The number of methoxy groups -OCH3 is 1. The number of anilines is 1. The average molecular weight is 287 g/mol. The molecule has 0 fully saturated rings. The van der Waals surface area contributed by atoms with Gasteiger partial charge in [-0.15, -0.1) is 5.10 Å². The first-order valence-corrected chi connectivity index (χ1v) is 7.25. The number of benzene rings is 1. The van der Waals surface area contributed by atoms with Gasteiger partial charge in [0.25, 0.3) is 0 Å². The lowest BCUT2D eigenvalue weighted by atomic mass is 10.1. The Morgan fingerprint density at radius 3 is 2.67 bits per heavy atom. The Hall–Kier alpha value is -2.17. The van der Waals surface area contributed by atoms with E-state index in [1.165, 1.54) is 7.11 Å². The first kappa shape index (κ1) is 15.2. The predicted octanol–water partition coefficient (Wildman–Crippen LogP) is 3.08. The smallest absolute Gasteiger partial charge is 0.305 e. The van der Waals surface area contributed by atoms with Crippen LogP contribution in [0.1, 0.15) is 31.4 Å². The van der Waals surface area contributed by atoms with E-state index in [0.29, 0.717) is 6.42 Å². The maximum absolute atomic E-state index is 11.0. The fraction of sp³-hybridized carbons (Fsp3) is 0.438. The molecule has 1 aromatic carbocycles. The molecule has 1 heterocycles. The largest absolute Gasteiger partial charge is 0.469 e. The normalized spacial score (nSPS) is 10.6. The molecule has 0 aliphatic heterocycles. The van der Waals surface area contributed by atoms with Gasteiger partial charge in [0.2, 0.25) is 0 Å². The number of nitrogens with zero attached hydrogens (tertiary/aromatic N) is 2. The van der Waals surface area contributed by atoms with E-state index < -0.39 is 0 Å². The Morgan fingerprint density at radius 1 is 1.14 bits per heavy atom. The van der Waals surface area contributed by atoms with Gasteiger partial charge >= 0.3 is 5.97 Å². The Kier molecular flexibility index (Phi) is 5.49. The second-order valence-corrected chi connectivity index (χ2v) is 4.99. The van der Waals surface area contributed by atoms with E-state index in [-0.39, 0.29) is 5.97 Å². The number of fused-ring (bicyclic) bond motifs is 1. The summed E-state index contributed by atoms with van der Waals surface area (Å²) in [5, 5.41) is 14.0. The van der Waals surface area contributed by atoms with Crippen molar-refractivity contribution in [3.8, 4) is 0 Å². The van der Waals surface area contributed by atoms with Crippen LogP contribution in [0, 0.1) is 6.92 Å². The van der Waals surface area contributed by atoms with Crippen LogP contribution in [0.5, 0.6) is 0 Å². The molecule has 112 valence electrons. The fourth-order valence-electron chi connectivity index (χ4n) is 2.25. The molecule has 1 N–H and O–H groups in total. The minimum Gasteiger partial charge on any atom is -0.469 e. The molecule has 0 bridgehead atoms. The second-order valence-electron chi connectivity index (χ2n) is 4.99. The number of esters is 1. The highest BCUT2D eigenvalue weighted by Crippen LogP contribution is 2.22. The van der Waals surface area contributed by atoms with Crippen molar-refractivity contribution < 1.29 is 9.53 Å². The van der Waals surface area contributed by atoms with Crippen LogP contribution in [0.4, 0.5) is 5.82 Å². The summed E-state index contributed by atoms with van der Waals surface area (Å²) in [5.41, 5.74) is 0.939. The van der Waals surface area contributed by atoms with E-state index in [1.54, 1.807) is 0 Å². The van der Waals surface area contributed by atoms with E-state index in [4.69, 9.17) is 0 Å². The molecule has 0 amide bonds. The highest BCUT2D eigenvalue weighted by atomic mass is 16.5. The van der Waals surface area contributed by atoms with Gasteiger partial charge in [-0.1, -0.05) is 30.7 Å². The monoisotopic (exact) mass is 287 g/mol.